The molecule has 6 unspecified atom stereocenters. The summed E-state index contributed by atoms with van der Waals surface area (Å²) in [5, 5.41) is 2.93. The Balaban J connectivity index is 1.45. The molecule has 3 aliphatic carbocycles. The highest BCUT2D eigenvalue weighted by molar-refractivity contribution is 5.72. The van der Waals surface area contributed by atoms with Crippen molar-refractivity contribution in [1.29, 1.82) is 0 Å². The smallest absolute Gasteiger partial charge is 0.407 e. The number of ether oxygens (including phenoxy) is 1. The Labute approximate surface area is 161 Å². The zero-order valence-corrected chi connectivity index (χ0v) is 16.4. The Hall–Kier alpha value is -1.84. The van der Waals surface area contributed by atoms with E-state index in [1.165, 1.54) is 36.8 Å². The highest BCUT2D eigenvalue weighted by Gasteiger charge is 2.59. The number of allylic oxidation sites excluding steroid dienone is 2. The summed E-state index contributed by atoms with van der Waals surface area (Å²) in [5.41, 5.74) is 3.18. The molecule has 0 bridgehead atoms. The van der Waals surface area contributed by atoms with Crippen molar-refractivity contribution in [2.75, 3.05) is 6.54 Å². The van der Waals surface area contributed by atoms with Gasteiger partial charge >= 0.3 is 6.09 Å². The van der Waals surface area contributed by atoms with Crippen molar-refractivity contribution in [3.63, 3.8) is 0 Å². The van der Waals surface area contributed by atoms with Gasteiger partial charge in [-0.15, -0.1) is 0 Å². The van der Waals surface area contributed by atoms with Gasteiger partial charge in [-0.2, -0.15) is 0 Å². The van der Waals surface area contributed by atoms with E-state index in [0.717, 1.165) is 25.3 Å². The number of amides is 1. The molecule has 1 saturated heterocycles. The molecule has 2 heterocycles. The molecule has 1 N–H and O–H groups in total. The molecule has 4 heteroatoms. The number of nitrogens with zero attached hydrogens (tertiary/aromatic N) is 1. The number of aromatic nitrogens is 1. The summed E-state index contributed by atoms with van der Waals surface area (Å²) in [6.07, 6.45) is 13.1. The fourth-order valence-electron chi connectivity index (χ4n) is 7.10. The highest BCUT2D eigenvalue weighted by atomic mass is 16.6. The molecular weight excluding hydrogens is 336 g/mol. The summed E-state index contributed by atoms with van der Waals surface area (Å²) in [6.45, 7) is 5.63. The summed E-state index contributed by atoms with van der Waals surface area (Å²) in [5.74, 6) is 2.09. The number of alkyl carbamates (subject to hydrolysis) is 1. The molecule has 6 atom stereocenters. The average molecular weight is 367 g/mol. The van der Waals surface area contributed by atoms with Gasteiger partial charge in [0.1, 0.15) is 6.10 Å². The minimum atomic E-state index is -0.218. The van der Waals surface area contributed by atoms with Crippen molar-refractivity contribution in [2.45, 2.75) is 58.5 Å². The fraction of sp³-hybridized carbons (Fsp3) is 0.652. The van der Waals surface area contributed by atoms with Gasteiger partial charge in [-0.05, 0) is 78.9 Å². The van der Waals surface area contributed by atoms with Crippen molar-refractivity contribution in [2.24, 2.45) is 28.6 Å². The van der Waals surface area contributed by atoms with Crippen LogP contribution in [0.4, 0.5) is 4.79 Å². The van der Waals surface area contributed by atoms with Gasteiger partial charge in [0, 0.05) is 24.4 Å². The normalized spacial score (nSPS) is 43.3. The van der Waals surface area contributed by atoms with Crippen molar-refractivity contribution >= 4 is 11.7 Å². The third kappa shape index (κ3) is 2.48. The van der Waals surface area contributed by atoms with Crippen molar-refractivity contribution in [1.82, 2.24) is 10.3 Å². The van der Waals surface area contributed by atoms with Gasteiger partial charge in [-0.3, -0.25) is 4.98 Å². The molecule has 4 aliphatic rings. The van der Waals surface area contributed by atoms with Crippen LogP contribution in [0.1, 0.15) is 57.9 Å². The Kier molecular flexibility index (Phi) is 3.89. The van der Waals surface area contributed by atoms with E-state index >= 15 is 0 Å². The minimum Gasteiger partial charge on any atom is -0.446 e. The summed E-state index contributed by atoms with van der Waals surface area (Å²) in [4.78, 5) is 16.3. The number of pyridine rings is 1. The van der Waals surface area contributed by atoms with Crippen LogP contribution in [-0.2, 0) is 4.74 Å². The van der Waals surface area contributed by atoms with Crippen LogP contribution in [0.3, 0.4) is 0 Å². The summed E-state index contributed by atoms with van der Waals surface area (Å²) in [7, 11) is 0. The lowest BCUT2D eigenvalue weighted by Gasteiger charge is -2.57. The van der Waals surface area contributed by atoms with E-state index in [2.05, 4.69) is 42.4 Å². The maximum atomic E-state index is 11.9. The lowest BCUT2D eigenvalue weighted by molar-refractivity contribution is -0.113. The lowest BCUT2D eigenvalue weighted by atomic mass is 9.48. The second kappa shape index (κ2) is 6.08. The predicted molar refractivity (Wildman–Crippen MR) is 105 cm³/mol. The first-order valence-corrected chi connectivity index (χ1v) is 10.6. The van der Waals surface area contributed by atoms with Gasteiger partial charge in [0.2, 0.25) is 0 Å². The standard InChI is InChI=1S/C23H30N2O2/c1-22-10-9-19-16(5-8-20-23(19,2)11-13-25-21(26)27-20)18(22)7-6-17(22)15-4-3-12-24-14-15/h3-4,6,12,14,16,18-20H,5,7-11,13H2,1-2H3,(H,25,26). The first-order valence-electron chi connectivity index (χ1n) is 10.6. The quantitative estimate of drug-likeness (QED) is 0.775. The van der Waals surface area contributed by atoms with Gasteiger partial charge in [0.25, 0.3) is 0 Å². The fourth-order valence-corrected chi connectivity index (χ4v) is 7.10. The van der Waals surface area contributed by atoms with E-state index in [1.807, 2.05) is 12.4 Å². The van der Waals surface area contributed by atoms with Gasteiger partial charge in [0.15, 0.2) is 0 Å². The van der Waals surface area contributed by atoms with Gasteiger partial charge in [0.05, 0.1) is 0 Å². The van der Waals surface area contributed by atoms with E-state index in [4.69, 9.17) is 4.74 Å². The molecule has 0 radical (unpaired) electrons. The van der Waals surface area contributed by atoms with E-state index in [0.29, 0.717) is 11.8 Å². The molecule has 1 aromatic heterocycles. The maximum Gasteiger partial charge on any atom is 0.407 e. The van der Waals surface area contributed by atoms with Crippen LogP contribution in [0, 0.1) is 28.6 Å². The third-order valence-electron chi connectivity index (χ3n) is 8.52. The van der Waals surface area contributed by atoms with Gasteiger partial charge in [-0.25, -0.2) is 4.79 Å². The molecule has 1 aromatic rings. The molecule has 27 heavy (non-hydrogen) atoms. The summed E-state index contributed by atoms with van der Waals surface area (Å²) in [6, 6.07) is 4.27. The number of nitrogens with one attached hydrogen (secondary N) is 1. The van der Waals surface area contributed by atoms with E-state index in [-0.39, 0.29) is 23.0 Å². The first kappa shape index (κ1) is 17.3. The Bertz CT molecular complexity index is 776. The first-order chi connectivity index (χ1) is 13.0. The predicted octanol–water partition coefficient (Wildman–Crippen LogP) is 4.82. The van der Waals surface area contributed by atoms with E-state index < -0.39 is 0 Å². The lowest BCUT2D eigenvalue weighted by Crippen LogP contribution is -2.53. The number of rotatable bonds is 1. The number of hydrogen-bond donors (Lipinski definition) is 1. The summed E-state index contributed by atoms with van der Waals surface area (Å²) >= 11 is 0. The van der Waals surface area contributed by atoms with Crippen molar-refractivity contribution < 1.29 is 9.53 Å². The molecule has 4 nitrogen and oxygen atoms in total. The zero-order valence-electron chi connectivity index (χ0n) is 16.4. The topological polar surface area (TPSA) is 51.2 Å². The van der Waals surface area contributed by atoms with Gasteiger partial charge in [-0.1, -0.05) is 26.0 Å². The van der Waals surface area contributed by atoms with Gasteiger partial charge < -0.3 is 10.1 Å². The average Bonchev–Trinajstić information content (AvgIpc) is 2.93. The Morgan fingerprint density at radius 3 is 2.89 bits per heavy atom. The van der Waals surface area contributed by atoms with Crippen molar-refractivity contribution in [3.05, 3.63) is 36.2 Å². The molecule has 1 aliphatic heterocycles. The summed E-state index contributed by atoms with van der Waals surface area (Å²) < 4.78 is 5.82. The second-order valence-electron chi connectivity index (χ2n) is 9.58. The van der Waals surface area contributed by atoms with Crippen LogP contribution in [0.15, 0.2) is 30.6 Å². The van der Waals surface area contributed by atoms with Crippen LogP contribution in [0.2, 0.25) is 0 Å². The second-order valence-corrected chi connectivity index (χ2v) is 9.58. The molecule has 3 fully saturated rings. The largest absolute Gasteiger partial charge is 0.446 e. The molecular formula is C23H30N2O2. The zero-order chi connectivity index (χ0) is 18.6. The molecule has 144 valence electrons. The minimum absolute atomic E-state index is 0.0813. The molecule has 2 saturated carbocycles. The third-order valence-corrected chi connectivity index (χ3v) is 8.52. The monoisotopic (exact) mass is 366 g/mol. The SMILES string of the molecule is CC12CCC3C(CCC4OC(=O)NCCC43C)C1CC=C2c1cccnc1. The molecule has 0 aromatic carbocycles. The van der Waals surface area contributed by atoms with E-state index in [1.54, 1.807) is 0 Å². The number of fused-ring (bicyclic) bond motifs is 5. The molecule has 0 spiro atoms. The van der Waals surface area contributed by atoms with Crippen molar-refractivity contribution in [3.8, 4) is 0 Å². The Morgan fingerprint density at radius 2 is 2.07 bits per heavy atom. The van der Waals surface area contributed by atoms with Crippen LogP contribution in [0.25, 0.3) is 5.57 Å². The van der Waals surface area contributed by atoms with Crippen LogP contribution in [0.5, 0.6) is 0 Å². The van der Waals surface area contributed by atoms with Crippen LogP contribution < -0.4 is 5.32 Å². The van der Waals surface area contributed by atoms with Crippen LogP contribution >= 0.6 is 0 Å². The van der Waals surface area contributed by atoms with E-state index in [9.17, 15) is 4.79 Å². The number of carbonyl (C=O) groups excluding carboxylic acids is 1. The number of carbonyl (C=O) groups is 1. The number of hydrogen-bond acceptors (Lipinski definition) is 3. The Morgan fingerprint density at radius 1 is 1.19 bits per heavy atom. The molecule has 5 rings (SSSR count). The maximum absolute atomic E-state index is 11.9. The highest BCUT2D eigenvalue weighted by Crippen LogP contribution is 2.65. The molecule has 1 amide bonds. The van der Waals surface area contributed by atoms with Crippen LogP contribution in [-0.4, -0.2) is 23.7 Å².